The van der Waals surface area contributed by atoms with Crippen molar-refractivity contribution in [3.05, 3.63) is 35.7 Å². The Balaban J connectivity index is 1.77. The lowest BCUT2D eigenvalue weighted by Crippen LogP contribution is -2.28. The summed E-state index contributed by atoms with van der Waals surface area (Å²) in [6.45, 7) is 6.73. The zero-order valence-electron chi connectivity index (χ0n) is 13.9. The Kier molecular flexibility index (Phi) is 4.50. The van der Waals surface area contributed by atoms with Crippen LogP contribution in [0.3, 0.4) is 0 Å². The lowest BCUT2D eigenvalue weighted by molar-refractivity contribution is 0.0944. The third-order valence-electron chi connectivity index (χ3n) is 3.39. The molecule has 24 heavy (non-hydrogen) atoms. The minimum absolute atomic E-state index is 0.206. The van der Waals surface area contributed by atoms with Crippen LogP contribution in [0.1, 0.15) is 30.0 Å². The molecule has 1 aromatic carbocycles. The molecule has 1 aromatic heterocycles. The van der Waals surface area contributed by atoms with Gasteiger partial charge >= 0.3 is 0 Å². The molecular formula is C17H20N4O3. The molecule has 126 valence electrons. The molecule has 0 saturated carbocycles. The Morgan fingerprint density at radius 1 is 1.21 bits per heavy atom. The number of nitrogens with one attached hydrogen (secondary N) is 2. The minimum atomic E-state index is -0.206. The number of rotatable bonds is 5. The number of carbonyl (C=O) groups excluding carboxylic acids is 1. The van der Waals surface area contributed by atoms with E-state index in [1.54, 1.807) is 6.07 Å². The molecule has 2 N–H and O–H groups in total. The summed E-state index contributed by atoms with van der Waals surface area (Å²) in [6, 6.07) is 7.14. The molecule has 0 fully saturated rings. The van der Waals surface area contributed by atoms with Crippen molar-refractivity contribution in [1.29, 1.82) is 0 Å². The maximum atomic E-state index is 12.2. The second-order valence-electron chi connectivity index (χ2n) is 6.02. The van der Waals surface area contributed by atoms with Crippen LogP contribution >= 0.6 is 0 Å². The molecule has 0 aliphatic carbocycles. The van der Waals surface area contributed by atoms with Gasteiger partial charge in [-0.15, -0.1) is 0 Å². The zero-order valence-corrected chi connectivity index (χ0v) is 13.9. The first-order chi connectivity index (χ1) is 11.5. The van der Waals surface area contributed by atoms with Crippen LogP contribution in [0.5, 0.6) is 11.5 Å². The van der Waals surface area contributed by atoms with Gasteiger partial charge in [0.05, 0.1) is 0 Å². The topological polar surface area (TPSA) is 85.4 Å². The van der Waals surface area contributed by atoms with Crippen molar-refractivity contribution in [2.24, 2.45) is 5.92 Å². The second kappa shape index (κ2) is 6.74. The predicted octanol–water partition coefficient (Wildman–Crippen LogP) is 2.64. The van der Waals surface area contributed by atoms with Gasteiger partial charge in [-0.2, -0.15) is 0 Å². The van der Waals surface area contributed by atoms with Crippen LogP contribution in [0.4, 0.5) is 11.6 Å². The fourth-order valence-electron chi connectivity index (χ4n) is 2.23. The van der Waals surface area contributed by atoms with E-state index in [0.29, 0.717) is 41.3 Å². The molecule has 0 radical (unpaired) electrons. The van der Waals surface area contributed by atoms with Crippen LogP contribution in [-0.4, -0.2) is 29.2 Å². The van der Waals surface area contributed by atoms with Crippen LogP contribution in [0.2, 0.25) is 0 Å². The minimum Gasteiger partial charge on any atom is -0.454 e. The standard InChI is InChI=1S/C17H20N4O3/c1-10(2)8-18-16(22)13-6-11(3)19-17(21-13)20-12-4-5-14-15(7-12)24-9-23-14/h4-7,10H,8-9H2,1-3H3,(H,18,22)(H,19,20,21). The van der Waals surface area contributed by atoms with Gasteiger partial charge in [-0.1, -0.05) is 13.8 Å². The second-order valence-corrected chi connectivity index (χ2v) is 6.02. The number of fused-ring (bicyclic) bond motifs is 1. The number of aromatic nitrogens is 2. The molecule has 0 saturated heterocycles. The van der Waals surface area contributed by atoms with Gasteiger partial charge in [-0.05, 0) is 31.0 Å². The summed E-state index contributed by atoms with van der Waals surface area (Å²) < 4.78 is 10.6. The summed E-state index contributed by atoms with van der Waals surface area (Å²) in [4.78, 5) is 20.8. The van der Waals surface area contributed by atoms with Crippen molar-refractivity contribution in [2.75, 3.05) is 18.7 Å². The van der Waals surface area contributed by atoms with E-state index in [4.69, 9.17) is 9.47 Å². The van der Waals surface area contributed by atoms with Crippen molar-refractivity contribution in [3.63, 3.8) is 0 Å². The Labute approximate surface area is 140 Å². The highest BCUT2D eigenvalue weighted by Gasteiger charge is 2.15. The summed E-state index contributed by atoms with van der Waals surface area (Å²) in [7, 11) is 0. The van der Waals surface area contributed by atoms with Crippen LogP contribution in [-0.2, 0) is 0 Å². The third-order valence-corrected chi connectivity index (χ3v) is 3.39. The summed E-state index contributed by atoms with van der Waals surface area (Å²) in [5.41, 5.74) is 1.81. The molecule has 0 bridgehead atoms. The van der Waals surface area contributed by atoms with Gasteiger partial charge in [-0.25, -0.2) is 9.97 Å². The number of hydrogen-bond acceptors (Lipinski definition) is 6. The highest BCUT2D eigenvalue weighted by Crippen LogP contribution is 2.34. The Morgan fingerprint density at radius 2 is 2.00 bits per heavy atom. The number of hydrogen-bond donors (Lipinski definition) is 2. The molecule has 1 aliphatic heterocycles. The van der Waals surface area contributed by atoms with Gasteiger partial charge in [0.1, 0.15) is 5.69 Å². The Bertz CT molecular complexity index is 761. The van der Waals surface area contributed by atoms with Crippen LogP contribution < -0.4 is 20.1 Å². The van der Waals surface area contributed by atoms with Crippen molar-refractivity contribution in [2.45, 2.75) is 20.8 Å². The molecule has 2 heterocycles. The average molecular weight is 328 g/mol. The van der Waals surface area contributed by atoms with Crippen LogP contribution in [0.15, 0.2) is 24.3 Å². The molecule has 0 unspecified atom stereocenters. The summed E-state index contributed by atoms with van der Waals surface area (Å²) >= 11 is 0. The SMILES string of the molecule is Cc1cc(C(=O)NCC(C)C)nc(Nc2ccc3c(c2)OCO3)n1. The Morgan fingerprint density at radius 3 is 2.79 bits per heavy atom. The first-order valence-corrected chi connectivity index (χ1v) is 7.82. The molecule has 3 rings (SSSR count). The van der Waals surface area contributed by atoms with E-state index in [2.05, 4.69) is 20.6 Å². The molecule has 1 amide bonds. The molecule has 0 atom stereocenters. The average Bonchev–Trinajstić information content (AvgIpc) is 2.99. The van der Waals surface area contributed by atoms with Gasteiger partial charge in [0.2, 0.25) is 12.7 Å². The van der Waals surface area contributed by atoms with E-state index >= 15 is 0 Å². The monoisotopic (exact) mass is 328 g/mol. The smallest absolute Gasteiger partial charge is 0.270 e. The number of carbonyl (C=O) groups is 1. The number of ether oxygens (including phenoxy) is 2. The van der Waals surface area contributed by atoms with Gasteiger partial charge in [-0.3, -0.25) is 4.79 Å². The van der Waals surface area contributed by atoms with Crippen molar-refractivity contribution >= 4 is 17.5 Å². The number of anilines is 2. The number of nitrogens with zero attached hydrogens (tertiary/aromatic N) is 2. The highest BCUT2D eigenvalue weighted by atomic mass is 16.7. The normalized spacial score (nSPS) is 12.3. The molecular weight excluding hydrogens is 308 g/mol. The van der Waals surface area contributed by atoms with E-state index in [0.717, 1.165) is 5.69 Å². The zero-order chi connectivity index (χ0) is 17.1. The fraction of sp³-hybridized carbons (Fsp3) is 0.353. The van der Waals surface area contributed by atoms with Gasteiger partial charge < -0.3 is 20.1 Å². The maximum absolute atomic E-state index is 12.2. The van der Waals surface area contributed by atoms with Gasteiger partial charge in [0.15, 0.2) is 11.5 Å². The highest BCUT2D eigenvalue weighted by molar-refractivity contribution is 5.92. The fourth-order valence-corrected chi connectivity index (χ4v) is 2.23. The first kappa shape index (κ1) is 16.0. The summed E-state index contributed by atoms with van der Waals surface area (Å²) in [6.07, 6.45) is 0. The molecule has 0 spiro atoms. The van der Waals surface area contributed by atoms with E-state index in [1.807, 2.05) is 39.0 Å². The Hall–Kier alpha value is -2.83. The lowest BCUT2D eigenvalue weighted by Gasteiger charge is -2.10. The van der Waals surface area contributed by atoms with Crippen molar-refractivity contribution in [3.8, 4) is 11.5 Å². The number of amides is 1. The summed E-state index contributed by atoms with van der Waals surface area (Å²) in [5.74, 6) is 1.91. The largest absolute Gasteiger partial charge is 0.454 e. The first-order valence-electron chi connectivity index (χ1n) is 7.82. The van der Waals surface area contributed by atoms with E-state index in [-0.39, 0.29) is 12.7 Å². The number of benzene rings is 1. The third kappa shape index (κ3) is 3.73. The molecule has 1 aliphatic rings. The van der Waals surface area contributed by atoms with Crippen LogP contribution in [0.25, 0.3) is 0 Å². The van der Waals surface area contributed by atoms with E-state index < -0.39 is 0 Å². The molecule has 2 aromatic rings. The van der Waals surface area contributed by atoms with Crippen molar-refractivity contribution in [1.82, 2.24) is 15.3 Å². The molecule has 7 nitrogen and oxygen atoms in total. The van der Waals surface area contributed by atoms with E-state index in [1.165, 1.54) is 0 Å². The van der Waals surface area contributed by atoms with Crippen molar-refractivity contribution < 1.29 is 14.3 Å². The van der Waals surface area contributed by atoms with E-state index in [9.17, 15) is 4.79 Å². The predicted molar refractivity (Wildman–Crippen MR) is 89.8 cm³/mol. The molecule has 7 heteroatoms. The maximum Gasteiger partial charge on any atom is 0.270 e. The number of aryl methyl sites for hydroxylation is 1. The quantitative estimate of drug-likeness (QED) is 0.877. The van der Waals surface area contributed by atoms with Gasteiger partial charge in [0.25, 0.3) is 5.91 Å². The van der Waals surface area contributed by atoms with Crippen LogP contribution in [0, 0.1) is 12.8 Å². The summed E-state index contributed by atoms with van der Waals surface area (Å²) in [5, 5.41) is 5.95. The lowest BCUT2D eigenvalue weighted by atomic mass is 10.2. The van der Waals surface area contributed by atoms with Gasteiger partial charge in [0, 0.05) is 24.0 Å².